The molecule has 0 bridgehead atoms. The van der Waals surface area contributed by atoms with Crippen molar-refractivity contribution < 1.29 is 16.8 Å². The molecule has 1 fully saturated rings. The van der Waals surface area contributed by atoms with Crippen molar-refractivity contribution in [1.82, 2.24) is 13.9 Å². The van der Waals surface area contributed by atoms with Gasteiger partial charge in [-0.3, -0.25) is 0 Å². The lowest BCUT2D eigenvalue weighted by atomic mass is 9.97. The molecule has 0 aliphatic heterocycles. The quantitative estimate of drug-likeness (QED) is 0.375. The van der Waals surface area contributed by atoms with Crippen molar-refractivity contribution in [1.29, 1.82) is 0 Å². The average Bonchev–Trinajstić information content (AvgIpc) is 3.50. The molecule has 9 heteroatoms. The van der Waals surface area contributed by atoms with Gasteiger partial charge in [-0.25, -0.2) is 30.8 Å². The van der Waals surface area contributed by atoms with E-state index in [1.807, 2.05) is 12.1 Å². The monoisotopic (exact) mass is 507 g/mol. The first-order chi connectivity index (χ1) is 16.7. The zero-order valence-corrected chi connectivity index (χ0v) is 20.8. The summed E-state index contributed by atoms with van der Waals surface area (Å²) in [7, 11) is -7.44. The number of sulfone groups is 1. The average molecular weight is 508 g/mol. The minimum Gasteiger partial charge on any atom is -0.244 e. The van der Waals surface area contributed by atoms with Gasteiger partial charge in [0.1, 0.15) is 0 Å². The Bertz CT molecular complexity index is 1620. The van der Waals surface area contributed by atoms with Crippen molar-refractivity contribution in [3.05, 3.63) is 90.4 Å². The Morgan fingerprint density at radius 1 is 0.943 bits per heavy atom. The highest BCUT2D eigenvalue weighted by molar-refractivity contribution is 7.90. The van der Waals surface area contributed by atoms with E-state index in [1.165, 1.54) is 16.2 Å². The number of nitrogens with zero attached hydrogens (tertiary/aromatic N) is 3. The van der Waals surface area contributed by atoms with Crippen LogP contribution in [0.2, 0.25) is 0 Å². The fourth-order valence-corrected chi connectivity index (χ4v) is 6.65. The van der Waals surface area contributed by atoms with Crippen molar-refractivity contribution in [3.8, 4) is 0 Å². The molecule has 0 saturated heterocycles. The number of allylic oxidation sites excluding steroid dienone is 1. The molecule has 1 aliphatic carbocycles. The summed E-state index contributed by atoms with van der Waals surface area (Å²) < 4.78 is 53.0. The molecule has 0 unspecified atom stereocenters. The Balaban J connectivity index is 1.77. The number of benzene rings is 1. The Hall–Kier alpha value is -3.30. The molecule has 0 N–H and O–H groups in total. The van der Waals surface area contributed by atoms with E-state index in [0.29, 0.717) is 33.8 Å². The Morgan fingerprint density at radius 3 is 2.34 bits per heavy atom. The van der Waals surface area contributed by atoms with Crippen LogP contribution in [-0.4, -0.2) is 37.0 Å². The third-order valence-electron chi connectivity index (χ3n) is 6.31. The molecule has 1 aliphatic rings. The van der Waals surface area contributed by atoms with Crippen molar-refractivity contribution in [2.24, 2.45) is 5.92 Å². The highest BCUT2D eigenvalue weighted by Crippen LogP contribution is 2.36. The molecule has 7 nitrogen and oxygen atoms in total. The third kappa shape index (κ3) is 4.53. The van der Waals surface area contributed by atoms with Crippen LogP contribution in [0.25, 0.3) is 16.6 Å². The van der Waals surface area contributed by atoms with Gasteiger partial charge in [-0.05, 0) is 61.2 Å². The predicted molar refractivity (Wildman–Crippen MR) is 135 cm³/mol. The van der Waals surface area contributed by atoms with Gasteiger partial charge in [0.25, 0.3) is 10.0 Å². The van der Waals surface area contributed by atoms with E-state index < -0.39 is 19.9 Å². The van der Waals surface area contributed by atoms with Crippen molar-refractivity contribution >= 4 is 36.5 Å². The summed E-state index contributed by atoms with van der Waals surface area (Å²) in [6, 6.07) is 16.9. The number of pyridine rings is 2. The second-order valence-corrected chi connectivity index (χ2v) is 12.6. The maximum atomic E-state index is 13.9. The zero-order valence-electron chi connectivity index (χ0n) is 19.2. The summed E-state index contributed by atoms with van der Waals surface area (Å²) in [5.74, 6) is 0.290. The second kappa shape index (κ2) is 9.05. The van der Waals surface area contributed by atoms with E-state index in [1.54, 1.807) is 48.7 Å². The van der Waals surface area contributed by atoms with Crippen LogP contribution in [0.5, 0.6) is 0 Å². The van der Waals surface area contributed by atoms with Crippen molar-refractivity contribution in [3.63, 3.8) is 0 Å². The number of fused-ring (bicyclic) bond motifs is 1. The zero-order chi connectivity index (χ0) is 24.6. The molecule has 3 heterocycles. The lowest BCUT2D eigenvalue weighted by Crippen LogP contribution is -2.16. The standard InChI is InChI=1S/C26H25N3O4S2/c1-34(30,31)25-14-13-21(18-28-25)23(16-19-8-5-6-9-19)24-17-20-10-7-15-27-26(20)29(24)35(32,33)22-11-3-2-4-12-22/h2-4,7,10-19H,5-6,8-9H2,1H3. The van der Waals surface area contributed by atoms with Crippen LogP contribution in [0, 0.1) is 5.92 Å². The number of aromatic nitrogens is 3. The molecular formula is C26H25N3O4S2. The summed E-state index contributed by atoms with van der Waals surface area (Å²) in [6.45, 7) is 0. The predicted octanol–water partition coefficient (Wildman–Crippen LogP) is 4.69. The number of hydrogen-bond acceptors (Lipinski definition) is 6. The van der Waals surface area contributed by atoms with Crippen LogP contribution in [-0.2, 0) is 19.9 Å². The van der Waals surface area contributed by atoms with Gasteiger partial charge in [0.05, 0.1) is 10.6 Å². The van der Waals surface area contributed by atoms with Crippen LogP contribution >= 0.6 is 0 Å². The third-order valence-corrected chi connectivity index (χ3v) is 9.03. The lowest BCUT2D eigenvalue weighted by Gasteiger charge is -2.16. The van der Waals surface area contributed by atoms with Crippen molar-refractivity contribution in [2.75, 3.05) is 6.26 Å². The lowest BCUT2D eigenvalue weighted by molar-refractivity contribution is 0.588. The molecule has 0 radical (unpaired) electrons. The van der Waals surface area contributed by atoms with E-state index in [-0.39, 0.29) is 9.92 Å². The topological polar surface area (TPSA) is 99.0 Å². The van der Waals surface area contributed by atoms with Crippen LogP contribution < -0.4 is 0 Å². The fourth-order valence-electron chi connectivity index (χ4n) is 4.59. The molecule has 0 amide bonds. The smallest absolute Gasteiger partial charge is 0.244 e. The van der Waals surface area contributed by atoms with Gasteiger partial charge in [-0.2, -0.15) is 0 Å². The Labute approximate surface area is 205 Å². The molecule has 4 aromatic rings. The van der Waals surface area contributed by atoms with Crippen molar-refractivity contribution in [2.45, 2.75) is 35.6 Å². The van der Waals surface area contributed by atoms with Crippen LogP contribution in [0.4, 0.5) is 0 Å². The molecule has 180 valence electrons. The molecule has 0 atom stereocenters. The SMILES string of the molecule is CS(=O)(=O)c1ccc(C(=CC2CCCC2)c2cc3cccnc3n2S(=O)(=O)c2ccccc2)cn1. The van der Waals surface area contributed by atoms with E-state index in [0.717, 1.165) is 31.9 Å². The normalized spacial score (nSPS) is 15.6. The van der Waals surface area contributed by atoms with Gasteiger partial charge in [-0.1, -0.05) is 37.1 Å². The second-order valence-electron chi connectivity index (χ2n) is 8.81. The summed E-state index contributed by atoms with van der Waals surface area (Å²) in [4.78, 5) is 8.74. The van der Waals surface area contributed by atoms with Gasteiger partial charge in [0, 0.05) is 35.2 Å². The first-order valence-corrected chi connectivity index (χ1v) is 14.7. The van der Waals surface area contributed by atoms with Gasteiger partial charge in [0.2, 0.25) is 0 Å². The Kier molecular flexibility index (Phi) is 6.06. The Morgan fingerprint density at radius 2 is 1.69 bits per heavy atom. The molecule has 1 saturated carbocycles. The first-order valence-electron chi connectivity index (χ1n) is 11.4. The minimum atomic E-state index is -3.97. The summed E-state index contributed by atoms with van der Waals surface area (Å²) >= 11 is 0. The van der Waals surface area contributed by atoms with E-state index in [9.17, 15) is 16.8 Å². The number of rotatable bonds is 6. The number of hydrogen-bond donors (Lipinski definition) is 0. The van der Waals surface area contributed by atoms with Gasteiger partial charge >= 0.3 is 0 Å². The fraction of sp³-hybridized carbons (Fsp3) is 0.231. The molecule has 35 heavy (non-hydrogen) atoms. The molecule has 1 aromatic carbocycles. The van der Waals surface area contributed by atoms with Crippen LogP contribution in [0.15, 0.2) is 89.1 Å². The molecular weight excluding hydrogens is 482 g/mol. The van der Waals surface area contributed by atoms with Gasteiger partial charge < -0.3 is 0 Å². The molecule has 0 spiro atoms. The van der Waals surface area contributed by atoms with E-state index >= 15 is 0 Å². The largest absolute Gasteiger partial charge is 0.269 e. The van der Waals surface area contributed by atoms with Crippen LogP contribution in [0.3, 0.4) is 0 Å². The summed E-state index contributed by atoms with van der Waals surface area (Å²) in [5, 5.41) is 0.667. The highest BCUT2D eigenvalue weighted by Gasteiger charge is 2.27. The maximum absolute atomic E-state index is 13.9. The minimum absolute atomic E-state index is 0.0272. The van der Waals surface area contributed by atoms with Crippen LogP contribution in [0.1, 0.15) is 36.9 Å². The first kappa shape index (κ1) is 23.4. The van der Waals surface area contributed by atoms with E-state index in [4.69, 9.17) is 0 Å². The van der Waals surface area contributed by atoms with E-state index in [2.05, 4.69) is 16.0 Å². The van der Waals surface area contributed by atoms with Gasteiger partial charge in [-0.15, -0.1) is 0 Å². The summed E-state index contributed by atoms with van der Waals surface area (Å²) in [5.41, 5.74) is 2.16. The van der Waals surface area contributed by atoms with Gasteiger partial charge in [0.15, 0.2) is 20.5 Å². The summed E-state index contributed by atoms with van der Waals surface area (Å²) in [6.07, 6.45) is 10.6. The highest BCUT2D eigenvalue weighted by atomic mass is 32.2. The molecule has 3 aromatic heterocycles. The molecule has 5 rings (SSSR count). The maximum Gasteiger partial charge on any atom is 0.269 e.